The zero-order chi connectivity index (χ0) is 20.6. The number of aromatic nitrogens is 1. The number of aromatic carboxylic acids is 1. The lowest BCUT2D eigenvalue weighted by molar-refractivity contribution is 0.0695. The molecule has 146 valence electrons. The number of hydrogen-bond donors (Lipinski definition) is 2. The van der Waals surface area contributed by atoms with Crippen LogP contribution in [0.1, 0.15) is 29.8 Å². The van der Waals surface area contributed by atoms with Crippen molar-refractivity contribution in [2.45, 2.75) is 30.1 Å². The van der Waals surface area contributed by atoms with Crippen LogP contribution in [0.15, 0.2) is 44.9 Å². The average molecular weight is 405 g/mol. The molecule has 28 heavy (non-hydrogen) atoms. The summed E-state index contributed by atoms with van der Waals surface area (Å²) in [6.45, 7) is 3.53. The number of carboxylic acids is 1. The Balaban J connectivity index is 0.000000706. The van der Waals surface area contributed by atoms with Gasteiger partial charge in [-0.15, -0.1) is 0 Å². The van der Waals surface area contributed by atoms with Crippen LogP contribution in [0.3, 0.4) is 0 Å². The zero-order valence-corrected chi connectivity index (χ0v) is 15.9. The van der Waals surface area contributed by atoms with E-state index in [1.807, 2.05) is 0 Å². The molecule has 2 N–H and O–H groups in total. The molecule has 1 aromatic carbocycles. The van der Waals surface area contributed by atoms with E-state index >= 15 is 0 Å². The molecule has 0 bridgehead atoms. The number of aliphatic hydroxyl groups excluding tert-OH is 1. The number of halogens is 2. The van der Waals surface area contributed by atoms with Crippen LogP contribution in [0.2, 0.25) is 0 Å². The molecule has 0 radical (unpaired) electrons. The highest BCUT2D eigenvalue weighted by Gasteiger charge is 2.33. The molecule has 0 unspecified atom stereocenters. The van der Waals surface area contributed by atoms with Crippen molar-refractivity contribution in [2.24, 2.45) is 0 Å². The Labute approximate surface area is 163 Å². The minimum Gasteiger partial charge on any atom is -0.478 e. The van der Waals surface area contributed by atoms with Crippen LogP contribution in [-0.2, 0) is 6.42 Å². The fourth-order valence-corrected chi connectivity index (χ4v) is 4.32. The molecule has 0 saturated heterocycles. The number of carboxylic acid groups (broad SMARTS) is 1. The Morgan fingerprint density at radius 1 is 1.18 bits per heavy atom. The second-order valence-electron chi connectivity index (χ2n) is 5.94. The minimum atomic E-state index is -1.39. The summed E-state index contributed by atoms with van der Waals surface area (Å²) in [5, 5.41) is 16.9. The van der Waals surface area contributed by atoms with Gasteiger partial charge in [0.1, 0.15) is 5.56 Å². The second-order valence-corrected chi connectivity index (χ2v) is 7.02. The second kappa shape index (κ2) is 7.73. The van der Waals surface area contributed by atoms with Crippen LogP contribution >= 0.6 is 11.8 Å². The third-order valence-electron chi connectivity index (χ3n) is 4.30. The van der Waals surface area contributed by atoms with Crippen molar-refractivity contribution in [1.29, 1.82) is 0 Å². The first-order valence-electron chi connectivity index (χ1n) is 8.58. The van der Waals surface area contributed by atoms with Crippen LogP contribution < -0.4 is 5.43 Å². The molecule has 1 aromatic rings. The fourth-order valence-electron chi connectivity index (χ4n) is 3.20. The first-order chi connectivity index (χ1) is 13.4. The summed E-state index contributed by atoms with van der Waals surface area (Å²) in [4.78, 5) is 25.2. The van der Waals surface area contributed by atoms with Gasteiger partial charge in [-0.05, 0) is 31.5 Å². The number of pyridine rings is 1. The number of rotatable bonds is 2. The van der Waals surface area contributed by atoms with E-state index in [4.69, 9.17) is 5.11 Å². The minimum absolute atomic E-state index is 0.0710. The number of benzene rings is 2. The van der Waals surface area contributed by atoms with E-state index in [2.05, 4.69) is 0 Å². The van der Waals surface area contributed by atoms with Crippen LogP contribution in [0.4, 0.5) is 8.78 Å². The monoisotopic (exact) mass is 405 g/mol. The van der Waals surface area contributed by atoms with Crippen molar-refractivity contribution in [2.75, 3.05) is 6.61 Å². The number of aliphatic hydroxyl groups is 1. The molecule has 5 nitrogen and oxygen atoms in total. The van der Waals surface area contributed by atoms with Gasteiger partial charge in [0, 0.05) is 22.0 Å². The summed E-state index contributed by atoms with van der Waals surface area (Å²) in [5.41, 5.74) is -0.769. The van der Waals surface area contributed by atoms with E-state index in [1.165, 1.54) is 17.8 Å². The molecule has 0 atom stereocenters. The van der Waals surface area contributed by atoms with E-state index in [-0.39, 0.29) is 29.8 Å². The number of para-hydroxylation sites is 1. The van der Waals surface area contributed by atoms with Gasteiger partial charge >= 0.3 is 5.97 Å². The van der Waals surface area contributed by atoms with Crippen molar-refractivity contribution in [3.05, 3.63) is 63.4 Å². The van der Waals surface area contributed by atoms with E-state index < -0.39 is 28.7 Å². The highest BCUT2D eigenvalue weighted by Crippen LogP contribution is 2.46. The van der Waals surface area contributed by atoms with Gasteiger partial charge in [-0.25, -0.2) is 9.18 Å². The fraction of sp³-hybridized carbons (Fsp3) is 0.200. The molecule has 0 fully saturated rings. The smallest absolute Gasteiger partial charge is 0.339 e. The highest BCUT2D eigenvalue weighted by molar-refractivity contribution is 7.99. The lowest BCUT2D eigenvalue weighted by atomic mass is 9.96. The lowest BCUT2D eigenvalue weighted by Gasteiger charge is -2.28. The Hall–Kier alpha value is -2.71. The molecule has 4 rings (SSSR count). The standard InChI is InChI=1S/C18H11F2NO3S.C2H6O/c1-2-8-13-15-12(7-9(16(13)22)18(23)24)25-11-6-4-3-5-10(11)21(15)17(20)14(8)19;1-2-3/h3-7H,2H2,1H3,(H,23,24);3H,2H2,1H3. The summed E-state index contributed by atoms with van der Waals surface area (Å²) < 4.78 is 30.5. The summed E-state index contributed by atoms with van der Waals surface area (Å²) in [7, 11) is 0. The Bertz CT molecular complexity index is 1110. The largest absolute Gasteiger partial charge is 0.478 e. The molecule has 2 aliphatic heterocycles. The first kappa shape index (κ1) is 20.0. The number of nitrogens with zero attached hydrogens (tertiary/aromatic N) is 1. The van der Waals surface area contributed by atoms with Crippen LogP contribution in [0.5, 0.6) is 0 Å². The Morgan fingerprint density at radius 2 is 1.82 bits per heavy atom. The van der Waals surface area contributed by atoms with Crippen molar-refractivity contribution in [1.82, 2.24) is 4.57 Å². The Morgan fingerprint density at radius 3 is 2.43 bits per heavy atom. The van der Waals surface area contributed by atoms with Crippen molar-refractivity contribution in [3.8, 4) is 16.9 Å². The molecule has 2 heterocycles. The number of carbonyl (C=O) groups is 1. The number of hydrogen-bond acceptors (Lipinski definition) is 4. The summed E-state index contributed by atoms with van der Waals surface area (Å²) in [5.74, 6) is -3.59. The van der Waals surface area contributed by atoms with Gasteiger partial charge in [-0.1, -0.05) is 30.8 Å². The van der Waals surface area contributed by atoms with E-state index in [1.54, 1.807) is 38.1 Å². The first-order valence-corrected chi connectivity index (χ1v) is 9.39. The maximum atomic E-state index is 14.8. The van der Waals surface area contributed by atoms with Gasteiger partial charge in [0.2, 0.25) is 11.4 Å². The Kier molecular flexibility index (Phi) is 5.53. The summed E-state index contributed by atoms with van der Waals surface area (Å²) in [6.07, 6.45) is 0.0736. The quantitative estimate of drug-likeness (QED) is 0.494. The van der Waals surface area contributed by atoms with Gasteiger partial charge in [-0.2, -0.15) is 4.39 Å². The van der Waals surface area contributed by atoms with Crippen molar-refractivity contribution >= 4 is 17.7 Å². The topological polar surface area (TPSA) is 79.5 Å². The molecule has 8 heteroatoms. The third-order valence-corrected chi connectivity index (χ3v) is 5.39. The maximum absolute atomic E-state index is 14.8. The lowest BCUT2D eigenvalue weighted by Crippen LogP contribution is -2.26. The highest BCUT2D eigenvalue weighted by atomic mass is 32.2. The summed E-state index contributed by atoms with van der Waals surface area (Å²) in [6, 6.07) is 8.05. The van der Waals surface area contributed by atoms with Crippen LogP contribution in [0, 0.1) is 11.8 Å². The van der Waals surface area contributed by atoms with Gasteiger partial charge in [-0.3, -0.25) is 9.36 Å². The predicted molar refractivity (Wildman–Crippen MR) is 102 cm³/mol. The van der Waals surface area contributed by atoms with Gasteiger partial charge in [0.05, 0.1) is 16.9 Å². The molecule has 0 saturated carbocycles. The van der Waals surface area contributed by atoms with Crippen molar-refractivity contribution in [3.63, 3.8) is 0 Å². The SMILES string of the molecule is CCO.CCc1c(F)c(F)n2c3c(cc(C(=O)O)c(=O)c1-3)Sc1ccccc1-2. The van der Waals surface area contributed by atoms with Gasteiger partial charge in [0.15, 0.2) is 5.82 Å². The zero-order valence-electron chi connectivity index (χ0n) is 15.1. The molecule has 0 aromatic heterocycles. The molecule has 0 spiro atoms. The molecule has 0 amide bonds. The number of fused-ring (bicyclic) bond motifs is 2. The predicted octanol–water partition coefficient (Wildman–Crippen LogP) is 3.94. The summed E-state index contributed by atoms with van der Waals surface area (Å²) >= 11 is 1.24. The normalized spacial score (nSPS) is 11.6. The van der Waals surface area contributed by atoms with Gasteiger partial charge < -0.3 is 10.2 Å². The van der Waals surface area contributed by atoms with Gasteiger partial charge in [0.25, 0.3) is 0 Å². The molecular formula is C20H17F2NO4S. The van der Waals surface area contributed by atoms with Crippen LogP contribution in [0.25, 0.3) is 16.9 Å². The molecular weight excluding hydrogens is 388 g/mol. The van der Waals surface area contributed by atoms with Crippen LogP contribution in [-0.4, -0.2) is 27.4 Å². The molecule has 3 aliphatic rings. The van der Waals surface area contributed by atoms with E-state index in [0.29, 0.717) is 15.5 Å². The third kappa shape index (κ3) is 2.98. The molecule has 1 aliphatic carbocycles. The van der Waals surface area contributed by atoms with E-state index in [9.17, 15) is 23.5 Å². The average Bonchev–Trinajstić information content (AvgIpc) is 2.67. The maximum Gasteiger partial charge on any atom is 0.339 e. The van der Waals surface area contributed by atoms with Crippen molar-refractivity contribution < 1.29 is 23.8 Å². The van der Waals surface area contributed by atoms with E-state index in [0.717, 1.165) is 4.57 Å².